The Hall–Kier alpha value is -1.89. The molecule has 6 heteroatoms. The van der Waals surface area contributed by atoms with Gasteiger partial charge in [-0.1, -0.05) is 18.2 Å². The number of hydrogen-bond donors (Lipinski definition) is 1. The van der Waals surface area contributed by atoms with Crippen LogP contribution in [0, 0.1) is 0 Å². The molecule has 0 unspecified atom stereocenters. The molecule has 2 aromatic rings. The number of fused-ring (bicyclic) bond motifs is 1. The maximum Gasteiger partial charge on any atom is 0.253 e. The van der Waals surface area contributed by atoms with Crippen molar-refractivity contribution in [3.63, 3.8) is 0 Å². The van der Waals surface area contributed by atoms with Crippen LogP contribution in [-0.2, 0) is 11.3 Å². The van der Waals surface area contributed by atoms with E-state index in [9.17, 15) is 4.79 Å². The largest absolute Gasteiger partial charge is 0.379 e. The van der Waals surface area contributed by atoms with Gasteiger partial charge >= 0.3 is 0 Å². The molecule has 1 atom stereocenters. The zero-order valence-electron chi connectivity index (χ0n) is 16.1. The molecular formula is C20H30N4O2. The summed E-state index contributed by atoms with van der Waals surface area (Å²) in [5, 5.41) is 4.14. The molecule has 6 nitrogen and oxygen atoms in total. The highest BCUT2D eigenvalue weighted by Crippen LogP contribution is 2.21. The molecule has 1 fully saturated rings. The number of likely N-dealkylation sites (N-methyl/N-ethyl adjacent to an activating group) is 1. The van der Waals surface area contributed by atoms with Crippen LogP contribution in [0.1, 0.15) is 17.3 Å². The first-order valence-electron chi connectivity index (χ1n) is 9.39. The van der Waals surface area contributed by atoms with Gasteiger partial charge in [0, 0.05) is 55.9 Å². The lowest BCUT2D eigenvalue weighted by Crippen LogP contribution is -2.47. The van der Waals surface area contributed by atoms with Crippen LogP contribution in [0.15, 0.2) is 30.5 Å². The van der Waals surface area contributed by atoms with Crippen LogP contribution in [0.2, 0.25) is 0 Å². The van der Waals surface area contributed by atoms with Gasteiger partial charge in [0.15, 0.2) is 0 Å². The molecule has 1 saturated heterocycles. The fourth-order valence-corrected chi connectivity index (χ4v) is 3.40. The lowest BCUT2D eigenvalue weighted by molar-refractivity contribution is 0.0204. The Balaban J connectivity index is 1.69. The van der Waals surface area contributed by atoms with Gasteiger partial charge in [-0.05, 0) is 27.1 Å². The van der Waals surface area contributed by atoms with E-state index >= 15 is 0 Å². The van der Waals surface area contributed by atoms with Crippen molar-refractivity contribution < 1.29 is 9.53 Å². The number of benzene rings is 1. The van der Waals surface area contributed by atoms with Gasteiger partial charge in [-0.25, -0.2) is 0 Å². The molecule has 0 saturated carbocycles. The second kappa shape index (κ2) is 8.66. The summed E-state index contributed by atoms with van der Waals surface area (Å²) in [5.41, 5.74) is 1.87. The fraction of sp³-hybridized carbons (Fsp3) is 0.550. The third kappa shape index (κ3) is 4.44. The predicted octanol–water partition coefficient (Wildman–Crippen LogP) is 1.65. The van der Waals surface area contributed by atoms with Crippen LogP contribution in [0.4, 0.5) is 0 Å². The summed E-state index contributed by atoms with van der Waals surface area (Å²) in [7, 11) is 4.12. The van der Waals surface area contributed by atoms with Gasteiger partial charge in [0.2, 0.25) is 0 Å². The quantitative estimate of drug-likeness (QED) is 0.818. The molecule has 3 rings (SSSR count). The Labute approximate surface area is 155 Å². The van der Waals surface area contributed by atoms with Crippen LogP contribution in [0.25, 0.3) is 10.9 Å². The molecule has 1 aliphatic rings. The van der Waals surface area contributed by atoms with Crippen molar-refractivity contribution in [2.24, 2.45) is 0 Å². The van der Waals surface area contributed by atoms with Gasteiger partial charge in [-0.2, -0.15) is 0 Å². The van der Waals surface area contributed by atoms with Crippen LogP contribution >= 0.6 is 0 Å². The number of hydrogen-bond acceptors (Lipinski definition) is 4. The summed E-state index contributed by atoms with van der Waals surface area (Å²) in [6.45, 7) is 8.03. The number of carbonyl (C=O) groups is 1. The fourth-order valence-electron chi connectivity index (χ4n) is 3.40. The number of nitrogens with one attached hydrogen (secondary N) is 1. The molecule has 0 spiro atoms. The third-order valence-electron chi connectivity index (χ3n) is 5.05. The van der Waals surface area contributed by atoms with Gasteiger partial charge in [0.05, 0.1) is 18.8 Å². The number of rotatable bonds is 7. The first-order valence-corrected chi connectivity index (χ1v) is 9.39. The SMILES string of the molecule is C[C@@H](CNC(=O)c1cn(CCN(C)C)c2ccccc12)N1CCOCC1. The van der Waals surface area contributed by atoms with E-state index in [4.69, 9.17) is 4.74 Å². The Bertz CT molecular complexity index is 734. The minimum Gasteiger partial charge on any atom is -0.379 e. The number of aromatic nitrogens is 1. The number of morpholine rings is 1. The summed E-state index contributed by atoms with van der Waals surface area (Å²) >= 11 is 0. The minimum absolute atomic E-state index is 0.00455. The third-order valence-corrected chi connectivity index (χ3v) is 5.05. The van der Waals surface area contributed by atoms with Crippen LogP contribution in [0.5, 0.6) is 0 Å². The summed E-state index contributed by atoms with van der Waals surface area (Å²) in [4.78, 5) is 17.3. The number of amides is 1. The number of carbonyl (C=O) groups excluding carboxylic acids is 1. The Morgan fingerprint density at radius 2 is 2.00 bits per heavy atom. The summed E-state index contributed by atoms with van der Waals surface area (Å²) in [5.74, 6) is 0.00455. The van der Waals surface area contributed by atoms with Crippen molar-refractivity contribution in [2.75, 3.05) is 53.5 Å². The highest BCUT2D eigenvalue weighted by molar-refractivity contribution is 6.07. The van der Waals surface area contributed by atoms with E-state index in [0.717, 1.165) is 55.9 Å². The molecule has 142 valence electrons. The molecule has 1 N–H and O–H groups in total. The smallest absolute Gasteiger partial charge is 0.253 e. The minimum atomic E-state index is 0.00455. The second-order valence-corrected chi connectivity index (χ2v) is 7.26. The van der Waals surface area contributed by atoms with E-state index in [2.05, 4.69) is 46.8 Å². The topological polar surface area (TPSA) is 49.7 Å². The molecule has 0 radical (unpaired) electrons. The van der Waals surface area contributed by atoms with Gasteiger partial charge in [-0.15, -0.1) is 0 Å². The Morgan fingerprint density at radius 3 is 2.73 bits per heavy atom. The first-order chi connectivity index (χ1) is 12.6. The molecular weight excluding hydrogens is 328 g/mol. The number of nitrogens with zero attached hydrogens (tertiary/aromatic N) is 3. The molecule has 1 aliphatic heterocycles. The molecule has 1 aromatic carbocycles. The molecule has 1 amide bonds. The molecule has 0 bridgehead atoms. The first kappa shape index (κ1) is 18.9. The van der Waals surface area contributed by atoms with Crippen molar-refractivity contribution in [3.8, 4) is 0 Å². The molecule has 26 heavy (non-hydrogen) atoms. The summed E-state index contributed by atoms with van der Waals surface area (Å²) in [6.07, 6.45) is 1.99. The van der Waals surface area contributed by atoms with Crippen molar-refractivity contribution in [2.45, 2.75) is 19.5 Å². The monoisotopic (exact) mass is 358 g/mol. The maximum atomic E-state index is 12.8. The molecule has 0 aliphatic carbocycles. The van der Waals surface area contributed by atoms with Crippen molar-refractivity contribution in [1.29, 1.82) is 0 Å². The summed E-state index contributed by atoms with van der Waals surface area (Å²) < 4.78 is 7.58. The normalized spacial score (nSPS) is 16.9. The van der Waals surface area contributed by atoms with Gasteiger partial charge in [0.1, 0.15) is 0 Å². The average Bonchev–Trinajstić information content (AvgIpc) is 3.04. The van der Waals surface area contributed by atoms with E-state index in [1.54, 1.807) is 0 Å². The van der Waals surface area contributed by atoms with Crippen molar-refractivity contribution in [1.82, 2.24) is 19.7 Å². The van der Waals surface area contributed by atoms with Gasteiger partial charge < -0.3 is 19.5 Å². The van der Waals surface area contributed by atoms with Crippen LogP contribution < -0.4 is 5.32 Å². The van der Waals surface area contributed by atoms with Crippen LogP contribution in [0.3, 0.4) is 0 Å². The zero-order valence-corrected chi connectivity index (χ0v) is 16.1. The molecule has 1 aromatic heterocycles. The molecule has 2 heterocycles. The standard InChI is InChI=1S/C20H30N4O2/c1-16(23-10-12-26-13-11-23)14-21-20(25)18-15-24(9-8-22(2)3)19-7-5-4-6-17(18)19/h4-7,15-16H,8-14H2,1-3H3,(H,21,25)/t16-/m0/s1. The Kier molecular flexibility index (Phi) is 6.29. The van der Waals surface area contributed by atoms with E-state index in [1.807, 2.05) is 24.4 Å². The highest BCUT2D eigenvalue weighted by Gasteiger charge is 2.19. The second-order valence-electron chi connectivity index (χ2n) is 7.26. The van der Waals surface area contributed by atoms with Crippen molar-refractivity contribution in [3.05, 3.63) is 36.0 Å². The average molecular weight is 358 g/mol. The highest BCUT2D eigenvalue weighted by atomic mass is 16.5. The number of para-hydroxylation sites is 1. The lowest BCUT2D eigenvalue weighted by atomic mass is 10.1. The van der Waals surface area contributed by atoms with E-state index in [0.29, 0.717) is 12.6 Å². The predicted molar refractivity (Wildman–Crippen MR) is 105 cm³/mol. The number of ether oxygens (including phenoxy) is 1. The maximum absolute atomic E-state index is 12.8. The van der Waals surface area contributed by atoms with E-state index in [-0.39, 0.29) is 5.91 Å². The van der Waals surface area contributed by atoms with Gasteiger partial charge in [-0.3, -0.25) is 9.69 Å². The van der Waals surface area contributed by atoms with Crippen LogP contribution in [-0.4, -0.2) is 79.8 Å². The zero-order chi connectivity index (χ0) is 18.5. The van der Waals surface area contributed by atoms with Gasteiger partial charge in [0.25, 0.3) is 5.91 Å². The summed E-state index contributed by atoms with van der Waals surface area (Å²) in [6, 6.07) is 8.44. The Morgan fingerprint density at radius 1 is 1.27 bits per heavy atom. The van der Waals surface area contributed by atoms with Crippen molar-refractivity contribution >= 4 is 16.8 Å². The van der Waals surface area contributed by atoms with E-state index in [1.165, 1.54) is 0 Å². The lowest BCUT2D eigenvalue weighted by Gasteiger charge is -2.32. The van der Waals surface area contributed by atoms with E-state index < -0.39 is 0 Å².